The zero-order valence-electron chi connectivity index (χ0n) is 40.5. The number of para-hydroxylation sites is 3. The molecule has 346 valence electrons. The summed E-state index contributed by atoms with van der Waals surface area (Å²) < 4.78 is 16.8. The largest absolute Gasteiger partial charge is 0.310 e. The van der Waals surface area contributed by atoms with Crippen molar-refractivity contribution >= 4 is 55.9 Å². The summed E-state index contributed by atoms with van der Waals surface area (Å²) in [5.41, 5.74) is 21.4. The highest BCUT2D eigenvalue weighted by Gasteiger charge is 2.59. The molecule has 1 spiro atoms. The minimum Gasteiger partial charge on any atom is -0.310 e. The number of hydrogen-bond donors (Lipinski definition) is 0. The lowest BCUT2D eigenvalue weighted by molar-refractivity contribution is 0.205. The number of rotatable bonds is 7. The van der Waals surface area contributed by atoms with E-state index in [1.807, 2.05) is 12.1 Å². The van der Waals surface area contributed by atoms with Crippen LogP contribution in [-0.4, -0.2) is 4.57 Å². The fraction of sp³-hybridized carbons (Fsp3) is 0.194. The van der Waals surface area contributed by atoms with Crippen LogP contribution < -0.4 is 9.80 Å². The summed E-state index contributed by atoms with van der Waals surface area (Å²) in [5, 5.41) is 2.35. The highest BCUT2D eigenvalue weighted by molar-refractivity contribution is 6.10. The average Bonchev–Trinajstić information content (AvgIpc) is 4.09. The Labute approximate surface area is 416 Å². The van der Waals surface area contributed by atoms with Gasteiger partial charge in [-0.1, -0.05) is 148 Å². The second-order valence-corrected chi connectivity index (χ2v) is 21.2. The molecular weight excluding hydrogens is 866 g/mol. The fourth-order valence-electron chi connectivity index (χ4n) is 14.4. The lowest BCUT2D eigenvalue weighted by Crippen LogP contribution is -2.40. The minimum atomic E-state index is -0.238. The maximum absolute atomic E-state index is 14.5. The lowest BCUT2D eigenvalue weighted by atomic mass is 9.60. The number of hydrogen-bond acceptors (Lipinski definition) is 2. The Morgan fingerprint density at radius 2 is 1.00 bits per heavy atom. The van der Waals surface area contributed by atoms with Crippen LogP contribution >= 0.6 is 0 Å². The van der Waals surface area contributed by atoms with E-state index >= 15 is 0 Å². The number of aromatic nitrogens is 1. The van der Waals surface area contributed by atoms with Gasteiger partial charge in [0.1, 0.15) is 5.82 Å². The predicted octanol–water partition coefficient (Wildman–Crippen LogP) is 17.8. The van der Waals surface area contributed by atoms with Gasteiger partial charge >= 0.3 is 0 Å². The van der Waals surface area contributed by atoms with Gasteiger partial charge in [0, 0.05) is 50.0 Å². The molecule has 3 unspecified atom stereocenters. The molecule has 4 aliphatic carbocycles. The Morgan fingerprint density at radius 3 is 1.66 bits per heavy atom. The van der Waals surface area contributed by atoms with Crippen LogP contribution in [0.1, 0.15) is 79.3 Å². The Kier molecular flexibility index (Phi) is 9.62. The topological polar surface area (TPSA) is 11.4 Å². The maximum atomic E-state index is 14.5. The van der Waals surface area contributed by atoms with Crippen molar-refractivity contribution in [3.05, 3.63) is 245 Å². The van der Waals surface area contributed by atoms with E-state index in [9.17, 15) is 4.39 Å². The highest BCUT2D eigenvalue weighted by atomic mass is 19.1. The van der Waals surface area contributed by atoms with E-state index < -0.39 is 0 Å². The monoisotopic (exact) mass is 921 g/mol. The molecule has 3 nitrogen and oxygen atoms in total. The third-order valence-electron chi connectivity index (χ3n) is 17.2. The molecule has 9 aromatic carbocycles. The molecule has 0 saturated heterocycles. The molecule has 3 atom stereocenters. The first-order valence-corrected chi connectivity index (χ1v) is 25.9. The second-order valence-electron chi connectivity index (χ2n) is 21.2. The van der Waals surface area contributed by atoms with Crippen LogP contribution in [0.2, 0.25) is 0 Å². The van der Waals surface area contributed by atoms with Crippen LogP contribution in [0.25, 0.3) is 38.6 Å². The van der Waals surface area contributed by atoms with E-state index in [4.69, 9.17) is 0 Å². The van der Waals surface area contributed by atoms with E-state index in [2.05, 4.69) is 210 Å². The van der Waals surface area contributed by atoms with Gasteiger partial charge in [0.25, 0.3) is 0 Å². The van der Waals surface area contributed by atoms with Crippen molar-refractivity contribution in [3.63, 3.8) is 0 Å². The zero-order chi connectivity index (χ0) is 47.4. The molecule has 1 saturated carbocycles. The van der Waals surface area contributed by atoms with Gasteiger partial charge < -0.3 is 14.4 Å². The molecule has 1 aromatic heterocycles. The van der Waals surface area contributed by atoms with Gasteiger partial charge in [0.15, 0.2) is 0 Å². The Balaban J connectivity index is 1.02. The number of fused-ring (bicyclic) bond motifs is 8. The minimum absolute atomic E-state index is 0.131. The smallest absolute Gasteiger partial charge is 0.123 e. The normalized spacial score (nSPS) is 19.3. The van der Waals surface area contributed by atoms with Crippen LogP contribution in [0.15, 0.2) is 206 Å². The molecule has 71 heavy (non-hydrogen) atoms. The molecule has 0 amide bonds. The number of benzene rings is 9. The quantitative estimate of drug-likeness (QED) is 0.158. The summed E-state index contributed by atoms with van der Waals surface area (Å²) in [6, 6.07) is 75.5. The van der Waals surface area contributed by atoms with Gasteiger partial charge in [-0.3, -0.25) is 0 Å². The standard InChI is InChI=1S/C67H56FN3/c1-66(2)58-28-14-12-26-54(58)55-38-36-52(42-59(55)66)69(49-22-8-4-9-23-49)61-30-16-18-44-40-46-20-6-3-7-21-47-41-45-19-17-31-62(65(45)67(46,47)64(44)61)70(50-24-10-5-11-25-50)53-37-39-57-56-27-13-15-29-60(56)71(63(57)43-53)51-34-32-48(68)33-35-51/h4-5,8-19,22-39,42-43,46-47H,3,6-7,20-21,40-41H2,1-2H3. The van der Waals surface area contributed by atoms with Gasteiger partial charge in [-0.05, 0) is 173 Å². The highest BCUT2D eigenvalue weighted by Crippen LogP contribution is 2.66. The van der Waals surface area contributed by atoms with Crippen molar-refractivity contribution in [3.8, 4) is 16.8 Å². The molecule has 1 fully saturated rings. The van der Waals surface area contributed by atoms with E-state index in [-0.39, 0.29) is 16.6 Å². The summed E-state index contributed by atoms with van der Waals surface area (Å²) in [7, 11) is 0. The molecule has 10 aromatic rings. The van der Waals surface area contributed by atoms with E-state index in [1.165, 1.54) is 110 Å². The summed E-state index contributed by atoms with van der Waals surface area (Å²) in [6.45, 7) is 4.79. The van der Waals surface area contributed by atoms with Crippen LogP contribution in [0.4, 0.5) is 38.5 Å². The molecule has 4 aliphatic rings. The van der Waals surface area contributed by atoms with Gasteiger partial charge in [-0.25, -0.2) is 4.39 Å². The molecule has 0 radical (unpaired) electrons. The molecule has 0 N–H and O–H groups in total. The lowest BCUT2D eigenvalue weighted by Gasteiger charge is -2.45. The Hall–Kier alpha value is -7.69. The summed E-state index contributed by atoms with van der Waals surface area (Å²) in [6.07, 6.45) is 8.30. The van der Waals surface area contributed by atoms with E-state index in [0.29, 0.717) is 11.8 Å². The molecular formula is C67H56FN3. The van der Waals surface area contributed by atoms with Gasteiger partial charge in [-0.15, -0.1) is 0 Å². The van der Waals surface area contributed by atoms with Gasteiger partial charge in [0.2, 0.25) is 0 Å². The number of halogens is 1. The first kappa shape index (κ1) is 42.2. The van der Waals surface area contributed by atoms with E-state index in [1.54, 1.807) is 12.1 Å². The van der Waals surface area contributed by atoms with E-state index in [0.717, 1.165) is 40.9 Å². The van der Waals surface area contributed by atoms with Crippen LogP contribution in [-0.2, 0) is 23.7 Å². The Bertz CT molecular complexity index is 3690. The van der Waals surface area contributed by atoms with Crippen molar-refractivity contribution in [1.82, 2.24) is 4.57 Å². The summed E-state index contributed by atoms with van der Waals surface area (Å²) in [4.78, 5) is 5.18. The van der Waals surface area contributed by atoms with Crippen molar-refractivity contribution in [2.75, 3.05) is 9.80 Å². The van der Waals surface area contributed by atoms with Gasteiger partial charge in [-0.2, -0.15) is 0 Å². The number of nitrogens with zero attached hydrogens (tertiary/aromatic N) is 3. The fourth-order valence-corrected chi connectivity index (χ4v) is 14.4. The van der Waals surface area contributed by atoms with Crippen LogP contribution in [0.3, 0.4) is 0 Å². The third-order valence-corrected chi connectivity index (χ3v) is 17.2. The first-order chi connectivity index (χ1) is 34.9. The molecule has 0 bridgehead atoms. The molecule has 14 rings (SSSR count). The van der Waals surface area contributed by atoms with Gasteiger partial charge in [0.05, 0.1) is 22.4 Å². The van der Waals surface area contributed by atoms with Crippen molar-refractivity contribution in [2.45, 2.75) is 69.6 Å². The third kappa shape index (κ3) is 6.26. The molecule has 1 heterocycles. The molecule has 0 aliphatic heterocycles. The zero-order valence-corrected chi connectivity index (χ0v) is 40.5. The van der Waals surface area contributed by atoms with Crippen LogP contribution in [0.5, 0.6) is 0 Å². The Morgan fingerprint density at radius 1 is 0.451 bits per heavy atom. The number of anilines is 6. The predicted molar refractivity (Wildman–Crippen MR) is 292 cm³/mol. The maximum Gasteiger partial charge on any atom is 0.123 e. The summed E-state index contributed by atoms with van der Waals surface area (Å²) >= 11 is 0. The second kappa shape index (κ2) is 16.2. The van der Waals surface area contributed by atoms with Crippen molar-refractivity contribution < 1.29 is 4.39 Å². The first-order valence-electron chi connectivity index (χ1n) is 25.9. The van der Waals surface area contributed by atoms with Crippen molar-refractivity contribution in [2.24, 2.45) is 11.8 Å². The SMILES string of the molecule is CC1(C)c2ccccc2-c2ccc(N(c3ccccc3)c3cccc4c3C35c6c(cccc6N(c6ccccc6)c6ccc7c8ccccc8n(-c8ccc(F)cc8)c7c6)CC3CCCCCC5C4)cc21. The van der Waals surface area contributed by atoms with Crippen molar-refractivity contribution in [1.29, 1.82) is 0 Å². The van der Waals surface area contributed by atoms with Crippen LogP contribution in [0, 0.1) is 17.7 Å². The summed E-state index contributed by atoms with van der Waals surface area (Å²) in [5.74, 6) is 0.649. The average molecular weight is 922 g/mol. The molecule has 4 heteroatoms.